The fourth-order valence-electron chi connectivity index (χ4n) is 1.65. The van der Waals surface area contributed by atoms with Crippen molar-refractivity contribution in [1.29, 1.82) is 0 Å². The molecule has 1 aromatic heterocycles. The highest BCUT2D eigenvalue weighted by Crippen LogP contribution is 2.29. The van der Waals surface area contributed by atoms with Gasteiger partial charge in [-0.15, -0.1) is 0 Å². The number of benzene rings is 1. The number of hydrogen-bond donors (Lipinski definition) is 1. The summed E-state index contributed by atoms with van der Waals surface area (Å²) in [4.78, 5) is 10.2. The fourth-order valence-corrected chi connectivity index (χ4v) is 1.87. The van der Waals surface area contributed by atoms with Crippen LogP contribution in [0.3, 0.4) is 0 Å². The highest BCUT2D eigenvalue weighted by Gasteiger charge is 2.16. The van der Waals surface area contributed by atoms with Crippen LogP contribution in [0.15, 0.2) is 24.4 Å². The van der Waals surface area contributed by atoms with Gasteiger partial charge < -0.3 is 5.73 Å². The predicted octanol–water partition coefficient (Wildman–Crippen LogP) is 2.20. The molecule has 0 amide bonds. The van der Waals surface area contributed by atoms with Gasteiger partial charge in [0.15, 0.2) is 0 Å². The molecule has 0 spiro atoms. The molecule has 0 aliphatic carbocycles. The molecule has 0 aliphatic heterocycles. The van der Waals surface area contributed by atoms with Crippen molar-refractivity contribution < 1.29 is 4.92 Å². The van der Waals surface area contributed by atoms with Crippen molar-refractivity contribution in [3.63, 3.8) is 0 Å². The number of nitro groups is 1. The summed E-state index contributed by atoms with van der Waals surface area (Å²) in [5.41, 5.74) is 7.53. The van der Waals surface area contributed by atoms with Crippen LogP contribution in [0.5, 0.6) is 0 Å². The Hall–Kier alpha value is -1.92. The molecule has 6 nitrogen and oxygen atoms in total. The van der Waals surface area contributed by atoms with Crippen LogP contribution in [0.2, 0.25) is 5.02 Å². The normalized spacial score (nSPS) is 10.6. The van der Waals surface area contributed by atoms with Gasteiger partial charge in [-0.25, -0.2) is 4.68 Å². The van der Waals surface area contributed by atoms with Crippen LogP contribution in [0.1, 0.15) is 11.3 Å². The summed E-state index contributed by atoms with van der Waals surface area (Å²) in [6.07, 6.45) is 1.74. The van der Waals surface area contributed by atoms with Crippen molar-refractivity contribution in [3.8, 4) is 5.69 Å². The smallest absolute Gasteiger partial charge is 0.288 e. The predicted molar refractivity (Wildman–Crippen MR) is 67.9 cm³/mol. The molecule has 0 unspecified atom stereocenters. The summed E-state index contributed by atoms with van der Waals surface area (Å²) in [7, 11) is 0. The van der Waals surface area contributed by atoms with Crippen molar-refractivity contribution in [1.82, 2.24) is 9.78 Å². The van der Waals surface area contributed by atoms with E-state index in [2.05, 4.69) is 5.10 Å². The summed E-state index contributed by atoms with van der Waals surface area (Å²) >= 11 is 5.88. The first-order valence-electron chi connectivity index (χ1n) is 5.22. The first-order chi connectivity index (χ1) is 8.52. The molecule has 0 bridgehead atoms. The number of aromatic nitrogens is 2. The van der Waals surface area contributed by atoms with E-state index < -0.39 is 4.92 Å². The molecule has 0 saturated carbocycles. The van der Waals surface area contributed by atoms with E-state index in [1.165, 1.54) is 12.1 Å². The number of nitrogens with two attached hydrogens (primary N) is 1. The minimum Gasteiger partial charge on any atom is -0.325 e. The fraction of sp³-hybridized carbons (Fsp3) is 0.182. The van der Waals surface area contributed by atoms with E-state index in [-0.39, 0.29) is 10.7 Å². The van der Waals surface area contributed by atoms with E-state index >= 15 is 0 Å². The SMILES string of the molecule is Cc1cc([N+](=O)[O-])c(Cl)cc1-n1ccc(CN)n1. The minimum absolute atomic E-state index is 0.0883. The molecule has 7 heteroatoms. The van der Waals surface area contributed by atoms with Crippen molar-refractivity contribution in [2.75, 3.05) is 0 Å². The second-order valence-electron chi connectivity index (χ2n) is 3.80. The molecule has 0 fully saturated rings. The third kappa shape index (κ3) is 2.20. The number of hydrogen-bond acceptors (Lipinski definition) is 4. The van der Waals surface area contributed by atoms with Gasteiger partial charge in [-0.1, -0.05) is 11.6 Å². The topological polar surface area (TPSA) is 87.0 Å². The lowest BCUT2D eigenvalue weighted by Crippen LogP contribution is -2.02. The van der Waals surface area contributed by atoms with Gasteiger partial charge in [0.2, 0.25) is 0 Å². The summed E-state index contributed by atoms with van der Waals surface area (Å²) in [5.74, 6) is 0. The Morgan fingerprint density at radius 2 is 2.28 bits per heavy atom. The summed E-state index contributed by atoms with van der Waals surface area (Å²) in [6, 6.07) is 4.75. The van der Waals surface area contributed by atoms with Crippen LogP contribution in [-0.4, -0.2) is 14.7 Å². The number of nitro benzene ring substituents is 1. The molecular formula is C11H11ClN4O2. The van der Waals surface area contributed by atoms with Gasteiger partial charge in [0, 0.05) is 18.8 Å². The van der Waals surface area contributed by atoms with Crippen molar-refractivity contribution in [3.05, 3.63) is 50.8 Å². The minimum atomic E-state index is -0.506. The standard InChI is InChI=1S/C11H11ClN4O2/c1-7-4-11(16(17)18)9(12)5-10(7)15-3-2-8(6-13)14-15/h2-5H,6,13H2,1H3. The first-order valence-corrected chi connectivity index (χ1v) is 5.60. The summed E-state index contributed by atoms with van der Waals surface area (Å²) in [6.45, 7) is 2.11. The van der Waals surface area contributed by atoms with E-state index in [4.69, 9.17) is 17.3 Å². The number of nitrogens with zero attached hydrogens (tertiary/aromatic N) is 3. The van der Waals surface area contributed by atoms with Crippen LogP contribution in [0.25, 0.3) is 5.69 Å². The van der Waals surface area contributed by atoms with Crippen molar-refractivity contribution in [2.24, 2.45) is 5.73 Å². The molecule has 1 heterocycles. The van der Waals surface area contributed by atoms with Crippen molar-refractivity contribution >= 4 is 17.3 Å². The van der Waals surface area contributed by atoms with E-state index in [0.717, 1.165) is 11.3 Å². The zero-order valence-electron chi connectivity index (χ0n) is 9.63. The Balaban J connectivity index is 2.52. The number of aryl methyl sites for hydroxylation is 1. The Morgan fingerprint density at radius 1 is 1.56 bits per heavy atom. The van der Waals surface area contributed by atoms with E-state index in [9.17, 15) is 10.1 Å². The third-order valence-corrected chi connectivity index (χ3v) is 2.87. The van der Waals surface area contributed by atoms with Gasteiger partial charge in [-0.2, -0.15) is 5.10 Å². The number of rotatable bonds is 3. The maximum absolute atomic E-state index is 10.8. The zero-order valence-corrected chi connectivity index (χ0v) is 10.4. The molecule has 0 aliphatic rings. The lowest BCUT2D eigenvalue weighted by atomic mass is 10.2. The molecule has 0 atom stereocenters. The maximum atomic E-state index is 10.8. The molecule has 2 rings (SSSR count). The zero-order chi connectivity index (χ0) is 13.3. The molecule has 94 valence electrons. The van der Waals surface area contributed by atoms with Gasteiger partial charge >= 0.3 is 0 Å². The average molecular weight is 267 g/mol. The highest BCUT2D eigenvalue weighted by molar-refractivity contribution is 6.32. The van der Waals surface area contributed by atoms with Crippen molar-refractivity contribution in [2.45, 2.75) is 13.5 Å². The summed E-state index contributed by atoms with van der Waals surface area (Å²) < 4.78 is 1.60. The van der Waals surface area contributed by atoms with Gasteiger partial charge in [-0.3, -0.25) is 10.1 Å². The highest BCUT2D eigenvalue weighted by atomic mass is 35.5. The lowest BCUT2D eigenvalue weighted by Gasteiger charge is -2.07. The Bertz CT molecular complexity index is 609. The van der Waals surface area contributed by atoms with Crippen LogP contribution in [0, 0.1) is 17.0 Å². The van der Waals surface area contributed by atoms with E-state index in [1.807, 2.05) is 0 Å². The Kier molecular flexibility index (Phi) is 3.31. The second kappa shape index (κ2) is 4.75. The van der Waals surface area contributed by atoms with E-state index in [0.29, 0.717) is 12.2 Å². The monoisotopic (exact) mass is 266 g/mol. The quantitative estimate of drug-likeness (QED) is 0.681. The Morgan fingerprint density at radius 3 is 2.83 bits per heavy atom. The largest absolute Gasteiger partial charge is 0.325 e. The van der Waals surface area contributed by atoms with Gasteiger partial charge in [-0.05, 0) is 24.6 Å². The summed E-state index contributed by atoms with van der Waals surface area (Å²) in [5, 5.41) is 15.1. The molecule has 2 N–H and O–H groups in total. The molecule has 2 aromatic rings. The Labute approximate surface area is 108 Å². The number of halogens is 1. The van der Waals surface area contributed by atoms with Gasteiger partial charge in [0.25, 0.3) is 5.69 Å². The second-order valence-corrected chi connectivity index (χ2v) is 4.21. The molecular weight excluding hydrogens is 256 g/mol. The van der Waals surface area contributed by atoms with E-state index in [1.54, 1.807) is 23.9 Å². The molecule has 18 heavy (non-hydrogen) atoms. The van der Waals surface area contributed by atoms with Crippen LogP contribution < -0.4 is 5.73 Å². The van der Waals surface area contributed by atoms with Gasteiger partial charge in [0.05, 0.1) is 16.3 Å². The van der Waals surface area contributed by atoms with Crippen LogP contribution in [-0.2, 0) is 6.54 Å². The maximum Gasteiger partial charge on any atom is 0.288 e. The van der Waals surface area contributed by atoms with Crippen LogP contribution >= 0.6 is 11.6 Å². The lowest BCUT2D eigenvalue weighted by molar-refractivity contribution is -0.384. The van der Waals surface area contributed by atoms with Gasteiger partial charge in [0.1, 0.15) is 5.02 Å². The molecule has 1 aromatic carbocycles. The average Bonchev–Trinajstić information content (AvgIpc) is 2.79. The first kappa shape index (κ1) is 12.5. The van der Waals surface area contributed by atoms with Crippen LogP contribution in [0.4, 0.5) is 5.69 Å². The third-order valence-electron chi connectivity index (χ3n) is 2.56. The molecule has 0 radical (unpaired) electrons. The molecule has 0 saturated heterocycles.